The van der Waals surface area contributed by atoms with Crippen LogP contribution in [0.3, 0.4) is 0 Å². The smallest absolute Gasteiger partial charge is 0.335 e. The van der Waals surface area contributed by atoms with Crippen molar-refractivity contribution in [1.29, 1.82) is 0 Å². The van der Waals surface area contributed by atoms with Crippen LogP contribution in [0.1, 0.15) is 33.6 Å². The third kappa shape index (κ3) is 6.90. The highest BCUT2D eigenvalue weighted by Crippen LogP contribution is 2.10. The third-order valence-corrected chi connectivity index (χ3v) is 1.53. The SMILES string of the molecule is COC(=O)CC[C@H](O)C(=O)OC(C)(C)C. The maximum atomic E-state index is 11.2. The number of hydrogen-bond acceptors (Lipinski definition) is 5. The maximum absolute atomic E-state index is 11.2. The Morgan fingerprint density at radius 3 is 2.27 bits per heavy atom. The highest BCUT2D eigenvalue weighted by atomic mass is 16.6. The molecule has 88 valence electrons. The minimum absolute atomic E-state index is 0.00307. The van der Waals surface area contributed by atoms with Crippen molar-refractivity contribution >= 4 is 11.9 Å². The van der Waals surface area contributed by atoms with Crippen LogP contribution in [0.2, 0.25) is 0 Å². The summed E-state index contributed by atoms with van der Waals surface area (Å²) < 4.78 is 9.30. The number of methoxy groups -OCH3 is 1. The molecule has 15 heavy (non-hydrogen) atoms. The predicted octanol–water partition coefficient (Wildman–Crippen LogP) is 0.642. The Morgan fingerprint density at radius 2 is 1.87 bits per heavy atom. The van der Waals surface area contributed by atoms with Crippen LogP contribution in [0.5, 0.6) is 0 Å². The molecule has 0 amide bonds. The summed E-state index contributed by atoms with van der Waals surface area (Å²) in [6, 6.07) is 0. The quantitative estimate of drug-likeness (QED) is 0.701. The van der Waals surface area contributed by atoms with E-state index in [2.05, 4.69) is 4.74 Å². The van der Waals surface area contributed by atoms with Crippen LogP contribution in [-0.2, 0) is 19.1 Å². The third-order valence-electron chi connectivity index (χ3n) is 1.53. The van der Waals surface area contributed by atoms with Gasteiger partial charge < -0.3 is 14.6 Å². The van der Waals surface area contributed by atoms with Gasteiger partial charge in [-0.3, -0.25) is 4.79 Å². The predicted molar refractivity (Wildman–Crippen MR) is 53.1 cm³/mol. The van der Waals surface area contributed by atoms with E-state index in [0.29, 0.717) is 0 Å². The molecular formula is C10H18O5. The second-order valence-electron chi connectivity index (χ2n) is 4.16. The summed E-state index contributed by atoms with van der Waals surface area (Å²) in [7, 11) is 1.25. The average Bonchev–Trinajstić information content (AvgIpc) is 2.10. The molecule has 0 aliphatic carbocycles. The number of esters is 2. The van der Waals surface area contributed by atoms with E-state index < -0.39 is 23.6 Å². The van der Waals surface area contributed by atoms with Crippen molar-refractivity contribution in [1.82, 2.24) is 0 Å². The van der Waals surface area contributed by atoms with E-state index in [4.69, 9.17) is 4.74 Å². The van der Waals surface area contributed by atoms with Crippen molar-refractivity contribution in [3.8, 4) is 0 Å². The van der Waals surface area contributed by atoms with Crippen molar-refractivity contribution in [2.24, 2.45) is 0 Å². The minimum atomic E-state index is -1.27. The summed E-state index contributed by atoms with van der Waals surface area (Å²) in [6.45, 7) is 5.12. The van der Waals surface area contributed by atoms with Crippen LogP contribution in [0, 0.1) is 0 Å². The Bertz CT molecular complexity index is 228. The summed E-state index contributed by atoms with van der Waals surface area (Å²) in [6.07, 6.45) is -1.26. The van der Waals surface area contributed by atoms with E-state index in [0.717, 1.165) is 0 Å². The fourth-order valence-corrected chi connectivity index (χ4v) is 0.844. The molecule has 0 saturated heterocycles. The van der Waals surface area contributed by atoms with Crippen LogP contribution in [0.25, 0.3) is 0 Å². The number of ether oxygens (including phenoxy) is 2. The molecular weight excluding hydrogens is 200 g/mol. The largest absolute Gasteiger partial charge is 0.469 e. The molecule has 0 radical (unpaired) electrons. The first-order valence-electron chi connectivity index (χ1n) is 4.74. The topological polar surface area (TPSA) is 72.8 Å². The molecule has 1 atom stereocenters. The molecule has 1 N–H and O–H groups in total. The lowest BCUT2D eigenvalue weighted by atomic mass is 10.1. The Labute approximate surface area is 89.4 Å². The van der Waals surface area contributed by atoms with Gasteiger partial charge in [0.15, 0.2) is 6.10 Å². The number of carbonyl (C=O) groups excluding carboxylic acids is 2. The molecule has 0 aromatic rings. The van der Waals surface area contributed by atoms with Crippen LogP contribution in [0.4, 0.5) is 0 Å². The fourth-order valence-electron chi connectivity index (χ4n) is 0.844. The fraction of sp³-hybridized carbons (Fsp3) is 0.800. The van der Waals surface area contributed by atoms with E-state index in [-0.39, 0.29) is 12.8 Å². The Balaban J connectivity index is 3.95. The molecule has 5 heteroatoms. The summed E-state index contributed by atoms with van der Waals surface area (Å²) in [5.74, 6) is -1.18. The van der Waals surface area contributed by atoms with E-state index in [1.54, 1.807) is 20.8 Å². The van der Waals surface area contributed by atoms with Crippen LogP contribution in [0.15, 0.2) is 0 Å². The van der Waals surface area contributed by atoms with Crippen molar-refractivity contribution < 1.29 is 24.2 Å². The molecule has 0 aromatic heterocycles. The lowest BCUT2D eigenvalue weighted by Gasteiger charge is -2.21. The molecule has 0 heterocycles. The van der Waals surface area contributed by atoms with Gasteiger partial charge in [-0.15, -0.1) is 0 Å². The van der Waals surface area contributed by atoms with Crippen LogP contribution < -0.4 is 0 Å². The average molecular weight is 218 g/mol. The second kappa shape index (κ2) is 5.70. The number of carbonyl (C=O) groups is 2. The van der Waals surface area contributed by atoms with E-state index in [1.165, 1.54) is 7.11 Å². The number of aliphatic hydroxyl groups is 1. The Kier molecular flexibility index (Phi) is 5.28. The Hall–Kier alpha value is -1.10. The highest BCUT2D eigenvalue weighted by molar-refractivity contribution is 5.76. The summed E-state index contributed by atoms with van der Waals surface area (Å²) >= 11 is 0. The van der Waals surface area contributed by atoms with Gasteiger partial charge >= 0.3 is 11.9 Å². The van der Waals surface area contributed by atoms with E-state index >= 15 is 0 Å². The summed E-state index contributed by atoms with van der Waals surface area (Å²) in [4.78, 5) is 22.0. The molecule has 0 unspecified atom stereocenters. The molecule has 0 aliphatic heterocycles. The monoisotopic (exact) mass is 218 g/mol. The molecule has 0 bridgehead atoms. The van der Waals surface area contributed by atoms with Gasteiger partial charge in [0.25, 0.3) is 0 Å². The first kappa shape index (κ1) is 13.9. The minimum Gasteiger partial charge on any atom is -0.469 e. The van der Waals surface area contributed by atoms with Gasteiger partial charge in [0.05, 0.1) is 7.11 Å². The lowest BCUT2D eigenvalue weighted by Crippen LogP contribution is -2.32. The zero-order chi connectivity index (χ0) is 12.1. The maximum Gasteiger partial charge on any atom is 0.335 e. The van der Waals surface area contributed by atoms with Crippen LogP contribution >= 0.6 is 0 Å². The molecule has 0 aliphatic rings. The van der Waals surface area contributed by atoms with Gasteiger partial charge in [0.1, 0.15) is 5.60 Å². The van der Waals surface area contributed by atoms with E-state index in [1.807, 2.05) is 0 Å². The van der Waals surface area contributed by atoms with Crippen molar-refractivity contribution in [3.05, 3.63) is 0 Å². The van der Waals surface area contributed by atoms with Crippen molar-refractivity contribution in [2.45, 2.75) is 45.3 Å². The summed E-state index contributed by atoms with van der Waals surface area (Å²) in [5.41, 5.74) is -0.636. The molecule has 0 aromatic carbocycles. The zero-order valence-electron chi connectivity index (χ0n) is 9.57. The number of rotatable bonds is 4. The van der Waals surface area contributed by atoms with Gasteiger partial charge in [-0.2, -0.15) is 0 Å². The number of hydrogen-bond donors (Lipinski definition) is 1. The lowest BCUT2D eigenvalue weighted by molar-refractivity contribution is -0.165. The van der Waals surface area contributed by atoms with E-state index in [9.17, 15) is 14.7 Å². The van der Waals surface area contributed by atoms with Gasteiger partial charge in [-0.25, -0.2) is 4.79 Å². The van der Waals surface area contributed by atoms with Gasteiger partial charge in [-0.05, 0) is 27.2 Å². The van der Waals surface area contributed by atoms with Gasteiger partial charge in [0, 0.05) is 6.42 Å². The van der Waals surface area contributed by atoms with Gasteiger partial charge in [-0.1, -0.05) is 0 Å². The van der Waals surface area contributed by atoms with Crippen molar-refractivity contribution in [3.63, 3.8) is 0 Å². The Morgan fingerprint density at radius 1 is 1.33 bits per heavy atom. The molecule has 0 fully saturated rings. The normalized spacial score (nSPS) is 13.1. The first-order valence-corrected chi connectivity index (χ1v) is 4.74. The first-order chi connectivity index (χ1) is 6.76. The zero-order valence-corrected chi connectivity index (χ0v) is 9.57. The molecule has 0 spiro atoms. The number of aliphatic hydroxyl groups excluding tert-OH is 1. The molecule has 0 rings (SSSR count). The highest BCUT2D eigenvalue weighted by Gasteiger charge is 2.23. The van der Waals surface area contributed by atoms with Crippen molar-refractivity contribution in [2.75, 3.05) is 7.11 Å². The second-order valence-corrected chi connectivity index (χ2v) is 4.16. The summed E-state index contributed by atoms with van der Waals surface area (Å²) in [5, 5.41) is 9.34. The standard InChI is InChI=1S/C10H18O5/c1-10(2,3)15-9(13)7(11)5-6-8(12)14-4/h7,11H,5-6H2,1-4H3/t7-/m0/s1. The van der Waals surface area contributed by atoms with Gasteiger partial charge in [0.2, 0.25) is 0 Å². The molecule has 0 saturated carbocycles. The van der Waals surface area contributed by atoms with Crippen LogP contribution in [-0.4, -0.2) is 35.9 Å². The molecule has 5 nitrogen and oxygen atoms in total.